The summed E-state index contributed by atoms with van der Waals surface area (Å²) in [6.45, 7) is 1.94. The largest absolute Gasteiger partial charge is 0.398 e. The standard InChI is InChI=1S/C12H14N2/c1-8(13)11-6-9-4-2-3-5-10(9)7-12(11)14/h2-8H,13-14H2,1H3. The van der Waals surface area contributed by atoms with E-state index in [4.69, 9.17) is 11.5 Å². The van der Waals surface area contributed by atoms with Gasteiger partial charge in [-0.05, 0) is 35.4 Å². The molecule has 0 aromatic heterocycles. The Bertz CT molecular complexity index is 461. The molecule has 2 rings (SSSR count). The minimum absolute atomic E-state index is 0.0143. The summed E-state index contributed by atoms with van der Waals surface area (Å²) < 4.78 is 0. The van der Waals surface area contributed by atoms with Gasteiger partial charge in [0.15, 0.2) is 0 Å². The second-order valence-corrected chi connectivity index (χ2v) is 3.62. The van der Waals surface area contributed by atoms with Crippen LogP contribution in [0.1, 0.15) is 18.5 Å². The smallest absolute Gasteiger partial charge is 0.0368 e. The van der Waals surface area contributed by atoms with Crippen molar-refractivity contribution in [2.75, 3.05) is 5.73 Å². The molecule has 0 aliphatic rings. The van der Waals surface area contributed by atoms with Crippen molar-refractivity contribution in [3.05, 3.63) is 42.0 Å². The van der Waals surface area contributed by atoms with Crippen LogP contribution in [0.5, 0.6) is 0 Å². The molecule has 72 valence electrons. The van der Waals surface area contributed by atoms with Gasteiger partial charge in [-0.3, -0.25) is 0 Å². The van der Waals surface area contributed by atoms with Gasteiger partial charge in [0.2, 0.25) is 0 Å². The van der Waals surface area contributed by atoms with Gasteiger partial charge >= 0.3 is 0 Å². The van der Waals surface area contributed by atoms with E-state index in [9.17, 15) is 0 Å². The molecule has 0 saturated heterocycles. The predicted molar refractivity (Wildman–Crippen MR) is 61.0 cm³/mol. The Morgan fingerprint density at radius 2 is 1.64 bits per heavy atom. The Morgan fingerprint density at radius 3 is 2.21 bits per heavy atom. The molecule has 2 nitrogen and oxygen atoms in total. The summed E-state index contributed by atoms with van der Waals surface area (Å²) in [4.78, 5) is 0. The van der Waals surface area contributed by atoms with Crippen LogP contribution in [-0.4, -0.2) is 0 Å². The number of hydrogen-bond acceptors (Lipinski definition) is 2. The molecule has 0 aliphatic carbocycles. The van der Waals surface area contributed by atoms with Crippen LogP contribution in [-0.2, 0) is 0 Å². The quantitative estimate of drug-likeness (QED) is 0.672. The Morgan fingerprint density at radius 1 is 1.07 bits per heavy atom. The third kappa shape index (κ3) is 1.44. The maximum Gasteiger partial charge on any atom is 0.0368 e. The molecule has 4 N–H and O–H groups in total. The lowest BCUT2D eigenvalue weighted by molar-refractivity contribution is 0.823. The molecule has 0 saturated carbocycles. The molecule has 0 heterocycles. The summed E-state index contributed by atoms with van der Waals surface area (Å²) in [6.07, 6.45) is 0. The van der Waals surface area contributed by atoms with E-state index in [1.165, 1.54) is 5.39 Å². The molecule has 2 aromatic rings. The second kappa shape index (κ2) is 3.31. The van der Waals surface area contributed by atoms with Crippen LogP contribution in [0, 0.1) is 0 Å². The van der Waals surface area contributed by atoms with E-state index in [1.54, 1.807) is 0 Å². The first kappa shape index (κ1) is 9.03. The predicted octanol–water partition coefficient (Wildman–Crippen LogP) is 2.44. The SMILES string of the molecule is CC(N)c1cc2ccccc2cc1N. The van der Waals surface area contributed by atoms with Gasteiger partial charge in [0.05, 0.1) is 0 Å². The maximum atomic E-state index is 5.91. The van der Waals surface area contributed by atoms with Crippen LogP contribution in [0.4, 0.5) is 5.69 Å². The second-order valence-electron chi connectivity index (χ2n) is 3.62. The van der Waals surface area contributed by atoms with Crippen LogP contribution in [0.25, 0.3) is 10.8 Å². The fourth-order valence-corrected chi connectivity index (χ4v) is 1.67. The minimum atomic E-state index is -0.0143. The van der Waals surface area contributed by atoms with Gasteiger partial charge in [-0.1, -0.05) is 24.3 Å². The molecule has 0 spiro atoms. The first-order chi connectivity index (χ1) is 6.68. The van der Waals surface area contributed by atoms with Gasteiger partial charge in [-0.15, -0.1) is 0 Å². The molecule has 0 amide bonds. The number of anilines is 1. The van der Waals surface area contributed by atoms with Crippen molar-refractivity contribution in [1.82, 2.24) is 0 Å². The number of fused-ring (bicyclic) bond motifs is 1. The van der Waals surface area contributed by atoms with E-state index < -0.39 is 0 Å². The summed E-state index contributed by atoms with van der Waals surface area (Å²) in [7, 11) is 0. The van der Waals surface area contributed by atoms with Crippen LogP contribution >= 0.6 is 0 Å². The number of nitrogen functional groups attached to an aromatic ring is 1. The average molecular weight is 186 g/mol. The number of hydrogen-bond donors (Lipinski definition) is 2. The van der Waals surface area contributed by atoms with Crippen molar-refractivity contribution in [3.8, 4) is 0 Å². The third-order valence-corrected chi connectivity index (χ3v) is 2.44. The highest BCUT2D eigenvalue weighted by Gasteiger charge is 2.05. The fraction of sp³-hybridized carbons (Fsp3) is 0.167. The van der Waals surface area contributed by atoms with Crippen molar-refractivity contribution < 1.29 is 0 Å². The Kier molecular flexibility index (Phi) is 2.14. The highest BCUT2D eigenvalue weighted by molar-refractivity contribution is 5.86. The molecule has 0 fully saturated rings. The summed E-state index contributed by atoms with van der Waals surface area (Å²) in [5.41, 5.74) is 13.5. The molecule has 2 aromatic carbocycles. The van der Waals surface area contributed by atoms with Crippen LogP contribution in [0.15, 0.2) is 36.4 Å². The molecule has 0 radical (unpaired) electrons. The van der Waals surface area contributed by atoms with E-state index in [1.807, 2.05) is 25.1 Å². The normalized spacial score (nSPS) is 13.0. The third-order valence-electron chi connectivity index (χ3n) is 2.44. The zero-order valence-electron chi connectivity index (χ0n) is 8.20. The number of benzene rings is 2. The summed E-state index contributed by atoms with van der Waals surface area (Å²) in [6, 6.07) is 12.2. The fourth-order valence-electron chi connectivity index (χ4n) is 1.67. The topological polar surface area (TPSA) is 52.0 Å². The lowest BCUT2D eigenvalue weighted by Crippen LogP contribution is -2.07. The van der Waals surface area contributed by atoms with E-state index in [2.05, 4.69) is 18.2 Å². The zero-order valence-corrected chi connectivity index (χ0v) is 8.20. The highest BCUT2D eigenvalue weighted by Crippen LogP contribution is 2.25. The van der Waals surface area contributed by atoms with Crippen LogP contribution in [0.3, 0.4) is 0 Å². The van der Waals surface area contributed by atoms with E-state index in [0.717, 1.165) is 16.6 Å². The molecule has 0 bridgehead atoms. The van der Waals surface area contributed by atoms with Crippen molar-refractivity contribution in [2.45, 2.75) is 13.0 Å². The first-order valence-corrected chi connectivity index (χ1v) is 4.72. The van der Waals surface area contributed by atoms with E-state index >= 15 is 0 Å². The van der Waals surface area contributed by atoms with Crippen LogP contribution < -0.4 is 11.5 Å². The number of rotatable bonds is 1. The first-order valence-electron chi connectivity index (χ1n) is 4.72. The van der Waals surface area contributed by atoms with Crippen LogP contribution in [0.2, 0.25) is 0 Å². The molecular formula is C12H14N2. The van der Waals surface area contributed by atoms with Gasteiger partial charge in [0.1, 0.15) is 0 Å². The highest BCUT2D eigenvalue weighted by atomic mass is 14.6. The van der Waals surface area contributed by atoms with Crippen molar-refractivity contribution in [1.29, 1.82) is 0 Å². The van der Waals surface area contributed by atoms with Gasteiger partial charge in [0.25, 0.3) is 0 Å². The van der Waals surface area contributed by atoms with Gasteiger partial charge < -0.3 is 11.5 Å². The molecule has 1 unspecified atom stereocenters. The zero-order chi connectivity index (χ0) is 10.1. The Hall–Kier alpha value is -1.54. The molecule has 2 heteroatoms. The van der Waals surface area contributed by atoms with Gasteiger partial charge in [0, 0.05) is 11.7 Å². The molecule has 1 atom stereocenters. The molecular weight excluding hydrogens is 172 g/mol. The van der Waals surface area contributed by atoms with E-state index in [0.29, 0.717) is 0 Å². The van der Waals surface area contributed by atoms with Crippen molar-refractivity contribution in [3.63, 3.8) is 0 Å². The van der Waals surface area contributed by atoms with E-state index in [-0.39, 0.29) is 6.04 Å². The molecule has 14 heavy (non-hydrogen) atoms. The lowest BCUT2D eigenvalue weighted by Gasteiger charge is -2.10. The monoisotopic (exact) mass is 186 g/mol. The lowest BCUT2D eigenvalue weighted by atomic mass is 10.0. The minimum Gasteiger partial charge on any atom is -0.398 e. The maximum absolute atomic E-state index is 5.91. The van der Waals surface area contributed by atoms with Gasteiger partial charge in [-0.2, -0.15) is 0 Å². The van der Waals surface area contributed by atoms with Crippen molar-refractivity contribution in [2.24, 2.45) is 5.73 Å². The summed E-state index contributed by atoms with van der Waals surface area (Å²) in [5, 5.41) is 2.35. The number of nitrogens with two attached hydrogens (primary N) is 2. The summed E-state index contributed by atoms with van der Waals surface area (Å²) >= 11 is 0. The molecule has 0 aliphatic heterocycles. The Labute approximate surface area is 83.5 Å². The van der Waals surface area contributed by atoms with Crippen molar-refractivity contribution >= 4 is 16.5 Å². The van der Waals surface area contributed by atoms with Gasteiger partial charge in [-0.25, -0.2) is 0 Å². The average Bonchev–Trinajstić information content (AvgIpc) is 2.16. The summed E-state index contributed by atoms with van der Waals surface area (Å²) in [5.74, 6) is 0. The Balaban J connectivity index is 2.71.